The molecule has 1 aliphatic rings. The largest absolute Gasteiger partial charge is 0.497 e. The predicted octanol–water partition coefficient (Wildman–Crippen LogP) is 3.96. The monoisotopic (exact) mass is 431 g/mol. The number of anilines is 2. The fraction of sp³-hybridized carbons (Fsp3) is 0.250. The molecule has 0 saturated carbocycles. The lowest BCUT2D eigenvalue weighted by Crippen LogP contribution is -2.28. The highest BCUT2D eigenvalue weighted by molar-refractivity contribution is 7.22. The van der Waals surface area contributed by atoms with E-state index in [1.807, 2.05) is 0 Å². The molecule has 2 heterocycles. The van der Waals surface area contributed by atoms with Crippen LogP contribution in [0.15, 0.2) is 36.4 Å². The third-order valence-corrected chi connectivity index (χ3v) is 5.92. The molecule has 2 aromatic carbocycles. The molecule has 1 aliphatic heterocycles. The van der Waals surface area contributed by atoms with E-state index in [2.05, 4.69) is 10.3 Å². The summed E-state index contributed by atoms with van der Waals surface area (Å²) in [6.45, 7) is 0.268. The fourth-order valence-electron chi connectivity index (χ4n) is 3.28. The van der Waals surface area contributed by atoms with Crippen LogP contribution in [0.3, 0.4) is 0 Å². The number of amides is 2. The SMILES string of the molecule is COc1ccc(N2CC(C(=O)Nc3nc4ccc(Cl)cc4s3)CC2=O)c(OC)c1. The van der Waals surface area contributed by atoms with E-state index in [1.165, 1.54) is 18.4 Å². The van der Waals surface area contributed by atoms with Gasteiger partial charge in [-0.2, -0.15) is 0 Å². The van der Waals surface area contributed by atoms with Crippen molar-refractivity contribution in [3.8, 4) is 11.5 Å². The smallest absolute Gasteiger partial charge is 0.231 e. The number of rotatable bonds is 5. The first-order chi connectivity index (χ1) is 14.0. The number of hydrogen-bond acceptors (Lipinski definition) is 6. The number of carbonyl (C=O) groups is 2. The summed E-state index contributed by atoms with van der Waals surface area (Å²) in [5, 5.41) is 3.93. The minimum Gasteiger partial charge on any atom is -0.497 e. The molecule has 1 N–H and O–H groups in total. The molecular weight excluding hydrogens is 414 g/mol. The number of carbonyl (C=O) groups excluding carboxylic acids is 2. The molecule has 4 rings (SSSR count). The topological polar surface area (TPSA) is 80.8 Å². The normalized spacial score (nSPS) is 16.3. The Bertz CT molecular complexity index is 1100. The Morgan fingerprint density at radius 2 is 2.07 bits per heavy atom. The molecule has 0 bridgehead atoms. The third-order valence-electron chi connectivity index (χ3n) is 4.75. The van der Waals surface area contributed by atoms with Gasteiger partial charge in [0.15, 0.2) is 5.13 Å². The van der Waals surface area contributed by atoms with E-state index in [0.29, 0.717) is 27.3 Å². The van der Waals surface area contributed by atoms with Gasteiger partial charge in [0, 0.05) is 24.1 Å². The van der Waals surface area contributed by atoms with Crippen LogP contribution in [0, 0.1) is 5.92 Å². The number of nitrogens with zero attached hydrogens (tertiary/aromatic N) is 2. The van der Waals surface area contributed by atoms with Gasteiger partial charge >= 0.3 is 0 Å². The molecule has 1 atom stereocenters. The van der Waals surface area contributed by atoms with E-state index in [9.17, 15) is 9.59 Å². The molecule has 0 spiro atoms. The van der Waals surface area contributed by atoms with Crippen LogP contribution in [-0.4, -0.2) is 37.6 Å². The van der Waals surface area contributed by atoms with Crippen LogP contribution < -0.4 is 19.7 Å². The van der Waals surface area contributed by atoms with E-state index < -0.39 is 5.92 Å². The average Bonchev–Trinajstić information content (AvgIpc) is 3.29. The van der Waals surface area contributed by atoms with E-state index in [0.717, 1.165) is 10.2 Å². The maximum atomic E-state index is 12.7. The maximum absolute atomic E-state index is 12.7. The maximum Gasteiger partial charge on any atom is 0.231 e. The van der Waals surface area contributed by atoms with Crippen LogP contribution in [-0.2, 0) is 9.59 Å². The first-order valence-corrected chi connectivity index (χ1v) is 10.1. The molecule has 0 radical (unpaired) electrons. The second-order valence-corrected chi connectivity index (χ2v) is 8.03. The van der Waals surface area contributed by atoms with E-state index >= 15 is 0 Å². The standard InChI is InChI=1S/C20H18ClN3O4S/c1-27-13-4-6-15(16(9-13)28-2)24-10-11(7-18(24)25)19(26)23-20-22-14-5-3-12(21)8-17(14)29-20/h3-6,8-9,11H,7,10H2,1-2H3,(H,22,23,26). The van der Waals surface area contributed by atoms with Crippen molar-refractivity contribution >= 4 is 55.8 Å². The van der Waals surface area contributed by atoms with Gasteiger partial charge in [0.05, 0.1) is 36.0 Å². The van der Waals surface area contributed by atoms with Crippen LogP contribution in [0.2, 0.25) is 5.02 Å². The minimum atomic E-state index is -0.482. The highest BCUT2D eigenvalue weighted by Crippen LogP contribution is 2.36. The van der Waals surface area contributed by atoms with Gasteiger partial charge in [-0.25, -0.2) is 4.98 Å². The molecule has 7 nitrogen and oxygen atoms in total. The van der Waals surface area contributed by atoms with Crippen molar-refractivity contribution in [2.75, 3.05) is 31.0 Å². The highest BCUT2D eigenvalue weighted by Gasteiger charge is 2.36. The second kappa shape index (κ2) is 7.88. The van der Waals surface area contributed by atoms with Crippen molar-refractivity contribution in [1.82, 2.24) is 4.98 Å². The van der Waals surface area contributed by atoms with Gasteiger partial charge in [-0.15, -0.1) is 0 Å². The molecule has 29 heavy (non-hydrogen) atoms. The molecule has 9 heteroatoms. The predicted molar refractivity (Wildman–Crippen MR) is 113 cm³/mol. The van der Waals surface area contributed by atoms with Crippen LogP contribution in [0.25, 0.3) is 10.2 Å². The molecule has 150 valence electrons. The van der Waals surface area contributed by atoms with Crippen LogP contribution in [0.1, 0.15) is 6.42 Å². The van der Waals surface area contributed by atoms with Crippen molar-refractivity contribution in [2.45, 2.75) is 6.42 Å². The summed E-state index contributed by atoms with van der Waals surface area (Å²) in [5.41, 5.74) is 1.38. The highest BCUT2D eigenvalue weighted by atomic mass is 35.5. The van der Waals surface area contributed by atoms with Crippen LogP contribution in [0.5, 0.6) is 11.5 Å². The van der Waals surface area contributed by atoms with Crippen molar-refractivity contribution < 1.29 is 19.1 Å². The fourth-order valence-corrected chi connectivity index (χ4v) is 4.43. The molecule has 1 saturated heterocycles. The summed E-state index contributed by atoms with van der Waals surface area (Å²) in [6, 6.07) is 10.6. The number of fused-ring (bicyclic) bond motifs is 1. The van der Waals surface area contributed by atoms with Crippen molar-refractivity contribution in [2.24, 2.45) is 5.92 Å². The number of thiazole rings is 1. The summed E-state index contributed by atoms with van der Waals surface area (Å²) in [5.74, 6) is 0.289. The summed E-state index contributed by atoms with van der Waals surface area (Å²) >= 11 is 7.35. The van der Waals surface area contributed by atoms with E-state index in [4.69, 9.17) is 21.1 Å². The Morgan fingerprint density at radius 3 is 2.83 bits per heavy atom. The average molecular weight is 432 g/mol. The summed E-state index contributed by atoms with van der Waals surface area (Å²) in [4.78, 5) is 31.3. The Kier molecular flexibility index (Phi) is 5.29. The number of hydrogen-bond donors (Lipinski definition) is 1. The van der Waals surface area contributed by atoms with Crippen molar-refractivity contribution in [1.29, 1.82) is 0 Å². The van der Waals surface area contributed by atoms with Crippen LogP contribution in [0.4, 0.5) is 10.8 Å². The van der Waals surface area contributed by atoms with Gasteiger partial charge in [-0.3, -0.25) is 9.59 Å². The third kappa shape index (κ3) is 3.86. The molecular formula is C20H18ClN3O4S. The number of halogens is 1. The molecule has 1 aromatic heterocycles. The Morgan fingerprint density at radius 1 is 1.24 bits per heavy atom. The van der Waals surface area contributed by atoms with Crippen LogP contribution >= 0.6 is 22.9 Å². The van der Waals surface area contributed by atoms with Gasteiger partial charge in [-0.05, 0) is 30.3 Å². The minimum absolute atomic E-state index is 0.123. The van der Waals surface area contributed by atoms with Gasteiger partial charge in [0.25, 0.3) is 0 Å². The zero-order chi connectivity index (χ0) is 20.5. The Balaban J connectivity index is 1.50. The number of benzene rings is 2. The number of methoxy groups -OCH3 is 2. The van der Waals surface area contributed by atoms with E-state index in [1.54, 1.807) is 48.4 Å². The van der Waals surface area contributed by atoms with Gasteiger partial charge in [-0.1, -0.05) is 22.9 Å². The first-order valence-electron chi connectivity index (χ1n) is 8.88. The number of ether oxygens (including phenoxy) is 2. The lowest BCUT2D eigenvalue weighted by molar-refractivity contribution is -0.122. The molecule has 1 fully saturated rings. The zero-order valence-corrected chi connectivity index (χ0v) is 17.3. The molecule has 0 aliphatic carbocycles. The molecule has 3 aromatic rings. The lowest BCUT2D eigenvalue weighted by Gasteiger charge is -2.20. The van der Waals surface area contributed by atoms with Gasteiger partial charge < -0.3 is 19.7 Å². The van der Waals surface area contributed by atoms with E-state index in [-0.39, 0.29) is 24.8 Å². The summed E-state index contributed by atoms with van der Waals surface area (Å²) < 4.78 is 11.5. The number of aromatic nitrogens is 1. The molecule has 2 amide bonds. The molecule has 1 unspecified atom stereocenters. The Labute approximate surface area is 176 Å². The van der Waals surface area contributed by atoms with Crippen molar-refractivity contribution in [3.63, 3.8) is 0 Å². The van der Waals surface area contributed by atoms with Crippen molar-refractivity contribution in [3.05, 3.63) is 41.4 Å². The zero-order valence-electron chi connectivity index (χ0n) is 15.8. The quantitative estimate of drug-likeness (QED) is 0.661. The first kappa shape index (κ1) is 19.5. The summed E-state index contributed by atoms with van der Waals surface area (Å²) in [7, 11) is 3.09. The summed E-state index contributed by atoms with van der Waals surface area (Å²) in [6.07, 6.45) is 0.123. The second-order valence-electron chi connectivity index (χ2n) is 6.56. The van der Waals surface area contributed by atoms with Gasteiger partial charge in [0.1, 0.15) is 11.5 Å². The van der Waals surface area contributed by atoms with Gasteiger partial charge in [0.2, 0.25) is 11.8 Å². The number of nitrogens with one attached hydrogen (secondary N) is 1. The lowest BCUT2D eigenvalue weighted by atomic mass is 10.1. The Hall–Kier alpha value is -2.84.